The third-order valence-corrected chi connectivity index (χ3v) is 6.61. The number of ether oxygens (including phenoxy) is 1. The lowest BCUT2D eigenvalue weighted by molar-refractivity contribution is -0.117. The van der Waals surface area contributed by atoms with Gasteiger partial charge in [0.05, 0.1) is 6.61 Å². The predicted octanol–water partition coefficient (Wildman–Crippen LogP) is 3.22. The molecule has 10 heteroatoms. The maximum atomic E-state index is 14.4. The largest absolute Gasteiger partial charge is 0.490 e. The van der Waals surface area contributed by atoms with Crippen LogP contribution in [0.25, 0.3) is 0 Å². The van der Waals surface area contributed by atoms with Gasteiger partial charge in [-0.3, -0.25) is 4.79 Å². The van der Waals surface area contributed by atoms with Crippen LogP contribution in [0.15, 0.2) is 41.3 Å². The fourth-order valence-electron chi connectivity index (χ4n) is 3.51. The number of hydrogen-bond acceptors (Lipinski definition) is 5. The van der Waals surface area contributed by atoms with Crippen LogP contribution in [0.2, 0.25) is 5.02 Å². The Balaban J connectivity index is 1.76. The number of nitrogens with one attached hydrogen (secondary N) is 2. The molecule has 1 aliphatic heterocycles. The summed E-state index contributed by atoms with van der Waals surface area (Å²) in [5, 5.41) is 3.89. The molecule has 3 rings (SSSR count). The first kappa shape index (κ1) is 22.5. The average molecular weight is 459 g/mol. The van der Waals surface area contributed by atoms with Gasteiger partial charge in [0.25, 0.3) is 10.0 Å². The third kappa shape index (κ3) is 5.27. The summed E-state index contributed by atoms with van der Waals surface area (Å²) in [6, 6.07) is 8.67. The normalized spacial score (nSPS) is 19.3. The van der Waals surface area contributed by atoms with E-state index in [-0.39, 0.29) is 18.4 Å². The van der Waals surface area contributed by atoms with Gasteiger partial charge in [-0.15, -0.1) is 0 Å². The first-order valence-corrected chi connectivity index (χ1v) is 11.1. The van der Waals surface area contributed by atoms with Crippen molar-refractivity contribution >= 4 is 27.5 Å². The molecule has 2 aromatic rings. The lowest BCUT2D eigenvalue weighted by Gasteiger charge is -2.32. The first-order chi connectivity index (χ1) is 14.2. The van der Waals surface area contributed by atoms with E-state index in [1.54, 1.807) is 16.9 Å². The Morgan fingerprint density at radius 1 is 1.23 bits per heavy atom. The van der Waals surface area contributed by atoms with Gasteiger partial charge in [-0.25, -0.2) is 21.9 Å². The molecule has 2 N–H and O–H groups in total. The molecular formula is C20H21ClF2N2O4S. The van der Waals surface area contributed by atoms with Crippen molar-refractivity contribution in [3.05, 3.63) is 58.6 Å². The van der Waals surface area contributed by atoms with Gasteiger partial charge in [0.15, 0.2) is 11.6 Å². The Kier molecular flexibility index (Phi) is 6.95. The van der Waals surface area contributed by atoms with Crippen LogP contribution in [0.3, 0.4) is 0 Å². The van der Waals surface area contributed by atoms with E-state index in [4.69, 9.17) is 16.3 Å². The molecule has 0 saturated carbocycles. The van der Waals surface area contributed by atoms with Crippen LogP contribution in [0.1, 0.15) is 24.8 Å². The van der Waals surface area contributed by atoms with Crippen LogP contribution >= 0.6 is 11.6 Å². The zero-order valence-corrected chi connectivity index (χ0v) is 17.7. The maximum absolute atomic E-state index is 14.4. The summed E-state index contributed by atoms with van der Waals surface area (Å²) in [6.45, 7) is 2.52. The maximum Gasteiger partial charge on any atom is 0.267 e. The fourth-order valence-corrected chi connectivity index (χ4v) is 4.70. The highest BCUT2D eigenvalue weighted by atomic mass is 35.5. The quantitative estimate of drug-likeness (QED) is 0.694. The molecule has 1 amide bonds. The Morgan fingerprint density at radius 2 is 1.93 bits per heavy atom. The SMILES string of the molecule is CC(=O)NS(=O)(=O)c1cc(F)c(OC[C@@H]2CNCC[C@H]2c2ccc(Cl)cc2)cc1F. The van der Waals surface area contributed by atoms with Gasteiger partial charge >= 0.3 is 0 Å². The Hall–Kier alpha value is -2.23. The van der Waals surface area contributed by atoms with Crippen molar-refractivity contribution < 1.29 is 26.7 Å². The molecule has 0 spiro atoms. The molecule has 0 unspecified atom stereocenters. The summed E-state index contributed by atoms with van der Waals surface area (Å²) < 4.78 is 59.8. The van der Waals surface area contributed by atoms with Gasteiger partial charge in [-0.1, -0.05) is 23.7 Å². The van der Waals surface area contributed by atoms with E-state index in [0.29, 0.717) is 23.7 Å². The van der Waals surface area contributed by atoms with Gasteiger partial charge in [0, 0.05) is 36.5 Å². The summed E-state index contributed by atoms with van der Waals surface area (Å²) in [5.41, 5.74) is 1.08. The van der Waals surface area contributed by atoms with Crippen molar-refractivity contribution in [3.63, 3.8) is 0 Å². The van der Waals surface area contributed by atoms with E-state index in [9.17, 15) is 22.0 Å². The topological polar surface area (TPSA) is 84.5 Å². The van der Waals surface area contributed by atoms with Crippen molar-refractivity contribution in [1.29, 1.82) is 0 Å². The van der Waals surface area contributed by atoms with Crippen molar-refractivity contribution in [2.24, 2.45) is 5.92 Å². The van der Waals surface area contributed by atoms with E-state index >= 15 is 0 Å². The average Bonchev–Trinajstić information content (AvgIpc) is 2.68. The summed E-state index contributed by atoms with van der Waals surface area (Å²) in [6.07, 6.45) is 0.848. The number of carbonyl (C=O) groups is 1. The van der Waals surface area contributed by atoms with Crippen molar-refractivity contribution in [1.82, 2.24) is 10.0 Å². The second-order valence-corrected chi connectivity index (χ2v) is 9.18. The monoisotopic (exact) mass is 458 g/mol. The second-order valence-electron chi connectivity index (χ2n) is 7.10. The van der Waals surface area contributed by atoms with Gasteiger partial charge < -0.3 is 10.1 Å². The highest BCUT2D eigenvalue weighted by Crippen LogP contribution is 2.32. The van der Waals surface area contributed by atoms with Crippen LogP contribution in [-0.4, -0.2) is 34.0 Å². The van der Waals surface area contributed by atoms with E-state index in [2.05, 4.69) is 5.32 Å². The lowest BCUT2D eigenvalue weighted by atomic mass is 9.81. The highest BCUT2D eigenvalue weighted by Gasteiger charge is 2.28. The first-order valence-electron chi connectivity index (χ1n) is 9.29. The molecule has 0 radical (unpaired) electrons. The van der Waals surface area contributed by atoms with Crippen LogP contribution in [-0.2, 0) is 14.8 Å². The number of piperidine rings is 1. The number of benzene rings is 2. The molecule has 1 aliphatic rings. The molecule has 2 aromatic carbocycles. The fraction of sp³-hybridized carbons (Fsp3) is 0.350. The second kappa shape index (κ2) is 9.28. The van der Waals surface area contributed by atoms with E-state index in [0.717, 1.165) is 25.5 Å². The molecule has 30 heavy (non-hydrogen) atoms. The standard InChI is InChI=1S/C20H21ClF2N2O4S/c1-12(26)25-30(27,28)20-9-17(22)19(8-18(20)23)29-11-14-10-24-7-6-16(14)13-2-4-15(21)5-3-13/h2-5,8-9,14,16,24H,6-7,10-11H2,1H3,(H,25,26)/t14-,16-/m0/s1. The summed E-state index contributed by atoms with van der Waals surface area (Å²) in [7, 11) is -4.50. The number of sulfonamides is 1. The number of amides is 1. The minimum absolute atomic E-state index is 0.00910. The molecule has 6 nitrogen and oxygen atoms in total. The molecule has 1 fully saturated rings. The van der Waals surface area contributed by atoms with Crippen molar-refractivity contribution in [2.45, 2.75) is 24.2 Å². The van der Waals surface area contributed by atoms with E-state index in [1.165, 1.54) is 0 Å². The van der Waals surface area contributed by atoms with E-state index in [1.807, 2.05) is 12.1 Å². The van der Waals surface area contributed by atoms with Gasteiger partial charge in [-0.05, 0) is 36.6 Å². The molecule has 0 bridgehead atoms. The summed E-state index contributed by atoms with van der Waals surface area (Å²) in [4.78, 5) is 10.0. The predicted molar refractivity (Wildman–Crippen MR) is 108 cm³/mol. The van der Waals surface area contributed by atoms with Crippen LogP contribution in [0.5, 0.6) is 5.75 Å². The van der Waals surface area contributed by atoms with Crippen LogP contribution < -0.4 is 14.8 Å². The highest BCUT2D eigenvalue weighted by molar-refractivity contribution is 7.90. The summed E-state index contributed by atoms with van der Waals surface area (Å²) >= 11 is 5.95. The minimum Gasteiger partial charge on any atom is -0.490 e. The summed E-state index contributed by atoms with van der Waals surface area (Å²) in [5.74, 6) is -3.41. The lowest BCUT2D eigenvalue weighted by Crippen LogP contribution is -2.38. The van der Waals surface area contributed by atoms with Gasteiger partial charge in [0.1, 0.15) is 10.7 Å². The number of carbonyl (C=O) groups excluding carboxylic acids is 1. The molecule has 162 valence electrons. The zero-order chi connectivity index (χ0) is 21.9. The number of halogens is 3. The van der Waals surface area contributed by atoms with E-state index < -0.39 is 38.2 Å². The molecule has 0 aromatic heterocycles. The third-order valence-electron chi connectivity index (χ3n) is 4.91. The van der Waals surface area contributed by atoms with Crippen molar-refractivity contribution in [3.8, 4) is 5.75 Å². The van der Waals surface area contributed by atoms with Gasteiger partial charge in [-0.2, -0.15) is 0 Å². The molecule has 1 saturated heterocycles. The Bertz CT molecular complexity index is 1030. The molecule has 1 heterocycles. The molecular weight excluding hydrogens is 438 g/mol. The van der Waals surface area contributed by atoms with Gasteiger partial charge in [0.2, 0.25) is 5.91 Å². The molecule has 0 aliphatic carbocycles. The van der Waals surface area contributed by atoms with Crippen molar-refractivity contribution in [2.75, 3.05) is 19.7 Å². The number of rotatable bonds is 6. The number of hydrogen-bond donors (Lipinski definition) is 2. The smallest absolute Gasteiger partial charge is 0.267 e. The molecule has 2 atom stereocenters. The zero-order valence-electron chi connectivity index (χ0n) is 16.1. The Morgan fingerprint density at radius 3 is 2.60 bits per heavy atom. The van der Waals surface area contributed by atoms with Crippen LogP contribution in [0, 0.1) is 17.6 Å². The minimum atomic E-state index is -4.50. The van der Waals surface area contributed by atoms with Crippen LogP contribution in [0.4, 0.5) is 8.78 Å². The Labute approximate surface area is 178 Å².